The first-order valence-electron chi connectivity index (χ1n) is 10.6. The smallest absolute Gasteiger partial charge is 0.344 e. The number of amides is 4. The van der Waals surface area contributed by atoms with Gasteiger partial charge in [-0.1, -0.05) is 49.3 Å². The van der Waals surface area contributed by atoms with Gasteiger partial charge in [-0.15, -0.1) is 10.2 Å². The van der Waals surface area contributed by atoms with Crippen molar-refractivity contribution >= 4 is 46.1 Å². The number of nitrogens with one attached hydrogen (secondary N) is 3. The van der Waals surface area contributed by atoms with E-state index >= 15 is 0 Å². The maximum Gasteiger partial charge on any atom is 0.344 e. The summed E-state index contributed by atoms with van der Waals surface area (Å²) in [5, 5.41) is 16.1. The molecule has 0 aromatic carbocycles. The Morgan fingerprint density at radius 1 is 1.20 bits per heavy atom. The Kier molecular flexibility index (Phi) is 6.47. The summed E-state index contributed by atoms with van der Waals surface area (Å²) >= 11 is 2.67. The van der Waals surface area contributed by atoms with Crippen LogP contribution in [0.25, 0.3) is 0 Å². The van der Waals surface area contributed by atoms with E-state index in [1.165, 1.54) is 42.4 Å². The van der Waals surface area contributed by atoms with E-state index in [0.717, 1.165) is 35.8 Å². The lowest BCUT2D eigenvalue weighted by molar-refractivity contribution is -0.139. The number of aromatic nitrogens is 2. The van der Waals surface area contributed by atoms with Crippen molar-refractivity contribution in [3.05, 3.63) is 0 Å². The number of hydrogen-bond donors (Lipinski definition) is 3. The molecule has 4 amide bonds. The van der Waals surface area contributed by atoms with Crippen molar-refractivity contribution < 1.29 is 14.4 Å². The summed E-state index contributed by atoms with van der Waals surface area (Å²) in [6.45, 7) is 2.15. The molecule has 1 aliphatic heterocycles. The Bertz CT molecular complexity index is 802. The molecule has 0 radical (unpaired) electrons. The van der Waals surface area contributed by atoms with Crippen molar-refractivity contribution in [2.75, 3.05) is 11.1 Å². The van der Waals surface area contributed by atoms with Gasteiger partial charge in [-0.3, -0.25) is 15.0 Å². The fourth-order valence-electron chi connectivity index (χ4n) is 4.35. The quantitative estimate of drug-likeness (QED) is 0.449. The van der Waals surface area contributed by atoms with Crippen LogP contribution < -0.4 is 16.1 Å². The molecule has 3 N–H and O–H groups in total. The fourth-order valence-corrected chi connectivity index (χ4v) is 5.97. The van der Waals surface area contributed by atoms with Gasteiger partial charge in [0, 0.05) is 6.04 Å². The second kappa shape index (κ2) is 9.09. The summed E-state index contributed by atoms with van der Waals surface area (Å²) in [7, 11) is 0. The Hall–Kier alpha value is -1.88. The summed E-state index contributed by atoms with van der Waals surface area (Å²) < 4.78 is 0.679. The summed E-state index contributed by atoms with van der Waals surface area (Å²) in [6, 6.07) is -0.106. The molecule has 0 atom stereocenters. The van der Waals surface area contributed by atoms with Crippen LogP contribution in [0.5, 0.6) is 0 Å². The third-order valence-electron chi connectivity index (χ3n) is 6.19. The van der Waals surface area contributed by atoms with E-state index in [2.05, 4.69) is 33.2 Å². The van der Waals surface area contributed by atoms with Crippen LogP contribution in [0, 0.1) is 5.92 Å². The Balaban J connectivity index is 1.26. The lowest BCUT2D eigenvalue weighted by Crippen LogP contribution is -2.51. The third kappa shape index (κ3) is 4.72. The molecule has 1 aromatic rings. The molecular formula is C19H28N6O3S2. The Labute approximate surface area is 184 Å². The molecule has 0 bridgehead atoms. The number of carbonyl (C=O) groups excluding carboxylic acids is 3. The molecule has 164 valence electrons. The minimum Gasteiger partial charge on any atom is -0.357 e. The Morgan fingerprint density at radius 3 is 2.67 bits per heavy atom. The first kappa shape index (κ1) is 21.4. The SMILES string of the molecule is CC1CCC2(CC1)NC(=O)N(NC(=O)CSc1nnc(NC3CCCCC3)s1)C2=O. The zero-order valence-electron chi connectivity index (χ0n) is 17.1. The molecule has 9 nitrogen and oxygen atoms in total. The van der Waals surface area contributed by atoms with Gasteiger partial charge in [0.1, 0.15) is 5.54 Å². The lowest BCUT2D eigenvalue weighted by Gasteiger charge is -2.33. The first-order chi connectivity index (χ1) is 14.4. The molecule has 0 unspecified atom stereocenters. The van der Waals surface area contributed by atoms with Gasteiger partial charge in [0.15, 0.2) is 4.34 Å². The van der Waals surface area contributed by atoms with Gasteiger partial charge in [-0.05, 0) is 44.4 Å². The first-order valence-corrected chi connectivity index (χ1v) is 12.4. The van der Waals surface area contributed by atoms with Gasteiger partial charge >= 0.3 is 6.03 Å². The topological polar surface area (TPSA) is 116 Å². The summed E-state index contributed by atoms with van der Waals surface area (Å²) in [5.41, 5.74) is 1.60. The fraction of sp³-hybridized carbons (Fsp3) is 0.737. The monoisotopic (exact) mass is 452 g/mol. The minimum absolute atomic E-state index is 0.0547. The molecule has 30 heavy (non-hydrogen) atoms. The highest BCUT2D eigenvalue weighted by Gasteiger charge is 2.52. The summed E-state index contributed by atoms with van der Waals surface area (Å²) in [4.78, 5) is 37.4. The number of nitrogens with zero attached hydrogens (tertiary/aromatic N) is 3. The molecule has 2 aliphatic carbocycles. The summed E-state index contributed by atoms with van der Waals surface area (Å²) in [5.74, 6) is -0.168. The largest absolute Gasteiger partial charge is 0.357 e. The molecule has 2 heterocycles. The molecule has 1 aromatic heterocycles. The van der Waals surface area contributed by atoms with Crippen LogP contribution >= 0.6 is 23.1 Å². The standard InChI is InChI=1S/C19H28N6O3S2/c1-12-7-9-19(10-8-12)15(27)25(17(28)21-19)24-14(26)11-29-18-23-22-16(30-18)20-13-5-3-2-4-6-13/h12-13H,2-11H2,1H3,(H,20,22)(H,21,28)(H,24,26). The van der Waals surface area contributed by atoms with Crippen LogP contribution in [-0.4, -0.2) is 50.4 Å². The molecular weight excluding hydrogens is 424 g/mol. The number of thioether (sulfide) groups is 1. The van der Waals surface area contributed by atoms with Crippen molar-refractivity contribution in [2.45, 2.75) is 80.6 Å². The number of rotatable bonds is 6. The number of urea groups is 1. The average Bonchev–Trinajstić information content (AvgIpc) is 3.28. The molecule has 1 saturated heterocycles. The van der Waals surface area contributed by atoms with Gasteiger partial charge in [0.25, 0.3) is 5.91 Å². The van der Waals surface area contributed by atoms with Crippen LogP contribution in [0.2, 0.25) is 0 Å². The van der Waals surface area contributed by atoms with E-state index in [1.807, 2.05) is 0 Å². The van der Waals surface area contributed by atoms with E-state index in [1.54, 1.807) is 0 Å². The van der Waals surface area contributed by atoms with Crippen LogP contribution in [0.4, 0.5) is 9.93 Å². The molecule has 4 rings (SSSR count). The van der Waals surface area contributed by atoms with E-state index in [9.17, 15) is 14.4 Å². The van der Waals surface area contributed by atoms with Crippen molar-refractivity contribution in [2.24, 2.45) is 5.92 Å². The van der Waals surface area contributed by atoms with E-state index in [-0.39, 0.29) is 11.7 Å². The van der Waals surface area contributed by atoms with E-state index in [0.29, 0.717) is 29.1 Å². The normalized spacial score (nSPS) is 27.4. The number of anilines is 1. The Morgan fingerprint density at radius 2 is 1.93 bits per heavy atom. The molecule has 11 heteroatoms. The van der Waals surface area contributed by atoms with Crippen molar-refractivity contribution in [1.29, 1.82) is 0 Å². The van der Waals surface area contributed by atoms with Crippen LogP contribution in [-0.2, 0) is 9.59 Å². The molecule has 3 fully saturated rings. The maximum absolute atomic E-state index is 12.8. The van der Waals surface area contributed by atoms with Crippen molar-refractivity contribution in [3.8, 4) is 0 Å². The van der Waals surface area contributed by atoms with Gasteiger partial charge < -0.3 is 10.6 Å². The van der Waals surface area contributed by atoms with Gasteiger partial charge in [-0.2, -0.15) is 5.01 Å². The second-order valence-electron chi connectivity index (χ2n) is 8.51. The van der Waals surface area contributed by atoms with Crippen LogP contribution in [0.15, 0.2) is 4.34 Å². The van der Waals surface area contributed by atoms with Gasteiger partial charge in [0.05, 0.1) is 5.75 Å². The van der Waals surface area contributed by atoms with Crippen molar-refractivity contribution in [3.63, 3.8) is 0 Å². The van der Waals surface area contributed by atoms with Crippen molar-refractivity contribution in [1.82, 2.24) is 25.9 Å². The number of hydrazine groups is 1. The van der Waals surface area contributed by atoms with Crippen LogP contribution in [0.1, 0.15) is 64.7 Å². The highest BCUT2D eigenvalue weighted by molar-refractivity contribution is 8.01. The molecule has 1 spiro atoms. The molecule has 3 aliphatic rings. The predicted molar refractivity (Wildman–Crippen MR) is 115 cm³/mol. The average molecular weight is 453 g/mol. The van der Waals surface area contributed by atoms with Gasteiger partial charge in [-0.25, -0.2) is 4.79 Å². The second-order valence-corrected chi connectivity index (χ2v) is 10.7. The summed E-state index contributed by atoms with van der Waals surface area (Å²) in [6.07, 6.45) is 9.07. The predicted octanol–water partition coefficient (Wildman–Crippen LogP) is 2.91. The van der Waals surface area contributed by atoms with Gasteiger partial charge in [0.2, 0.25) is 11.0 Å². The van der Waals surface area contributed by atoms with E-state index < -0.39 is 17.5 Å². The number of imide groups is 1. The lowest BCUT2D eigenvalue weighted by atomic mass is 9.77. The third-order valence-corrected chi connectivity index (χ3v) is 8.18. The number of carbonyl (C=O) groups is 3. The zero-order chi connectivity index (χ0) is 21.1. The number of hydrogen-bond acceptors (Lipinski definition) is 8. The zero-order valence-corrected chi connectivity index (χ0v) is 18.7. The highest BCUT2D eigenvalue weighted by Crippen LogP contribution is 2.36. The minimum atomic E-state index is -0.858. The van der Waals surface area contributed by atoms with E-state index in [4.69, 9.17) is 0 Å². The molecule has 2 saturated carbocycles. The maximum atomic E-state index is 12.8. The van der Waals surface area contributed by atoms with Crippen LogP contribution in [0.3, 0.4) is 0 Å². The highest BCUT2D eigenvalue weighted by atomic mass is 32.2.